The summed E-state index contributed by atoms with van der Waals surface area (Å²) in [5.74, 6) is 0.818. The van der Waals surface area contributed by atoms with E-state index in [1.807, 2.05) is 31.2 Å². The van der Waals surface area contributed by atoms with Gasteiger partial charge < -0.3 is 15.2 Å². The van der Waals surface area contributed by atoms with Crippen molar-refractivity contribution in [3.05, 3.63) is 29.8 Å². The number of likely N-dealkylation sites (N-methyl/N-ethyl adjacent to an activating group) is 1. The molecule has 0 saturated carbocycles. The lowest BCUT2D eigenvalue weighted by Gasteiger charge is -2.15. The van der Waals surface area contributed by atoms with Gasteiger partial charge in [-0.2, -0.15) is 0 Å². The first-order valence-corrected chi connectivity index (χ1v) is 4.80. The van der Waals surface area contributed by atoms with E-state index >= 15 is 0 Å². The van der Waals surface area contributed by atoms with Crippen LogP contribution in [0.3, 0.4) is 0 Å². The van der Waals surface area contributed by atoms with Crippen LogP contribution in [-0.4, -0.2) is 25.4 Å². The Labute approximate surface area is 84.7 Å². The molecule has 1 aromatic rings. The van der Waals surface area contributed by atoms with Gasteiger partial charge in [0.15, 0.2) is 0 Å². The van der Waals surface area contributed by atoms with Crippen molar-refractivity contribution in [3.8, 4) is 5.75 Å². The molecule has 3 heteroatoms. The minimum atomic E-state index is -0.00454. The minimum Gasteiger partial charge on any atom is -0.497 e. The van der Waals surface area contributed by atoms with E-state index in [1.54, 1.807) is 7.11 Å². The first kappa shape index (κ1) is 11.0. The van der Waals surface area contributed by atoms with Gasteiger partial charge in [-0.3, -0.25) is 0 Å². The third-order valence-corrected chi connectivity index (χ3v) is 2.13. The fraction of sp³-hybridized carbons (Fsp3) is 0.455. The average Bonchev–Trinajstić information content (AvgIpc) is 2.26. The quantitative estimate of drug-likeness (QED) is 0.745. The number of aliphatic hydroxyl groups is 1. The highest BCUT2D eigenvalue weighted by Gasteiger charge is 2.08. The maximum absolute atomic E-state index is 9.17. The summed E-state index contributed by atoms with van der Waals surface area (Å²) in [7, 11) is 1.64. The van der Waals surface area contributed by atoms with Crippen molar-refractivity contribution in [1.29, 1.82) is 0 Å². The molecule has 1 rings (SSSR count). The smallest absolute Gasteiger partial charge is 0.119 e. The highest BCUT2D eigenvalue weighted by Crippen LogP contribution is 2.18. The van der Waals surface area contributed by atoms with E-state index in [0.29, 0.717) is 0 Å². The second-order valence-corrected chi connectivity index (χ2v) is 3.07. The van der Waals surface area contributed by atoms with Crippen LogP contribution in [0.5, 0.6) is 5.75 Å². The van der Waals surface area contributed by atoms with Crippen LogP contribution in [0.2, 0.25) is 0 Å². The third-order valence-electron chi connectivity index (χ3n) is 2.13. The van der Waals surface area contributed by atoms with E-state index < -0.39 is 0 Å². The average molecular weight is 195 g/mol. The number of hydrogen-bond acceptors (Lipinski definition) is 3. The number of hydrogen-bond donors (Lipinski definition) is 2. The van der Waals surface area contributed by atoms with Gasteiger partial charge >= 0.3 is 0 Å². The van der Waals surface area contributed by atoms with E-state index in [-0.39, 0.29) is 12.6 Å². The van der Waals surface area contributed by atoms with Crippen LogP contribution in [0, 0.1) is 0 Å². The van der Waals surface area contributed by atoms with Crippen molar-refractivity contribution < 1.29 is 9.84 Å². The van der Waals surface area contributed by atoms with Crippen LogP contribution in [-0.2, 0) is 0 Å². The summed E-state index contributed by atoms with van der Waals surface area (Å²) in [4.78, 5) is 0. The molecule has 0 radical (unpaired) electrons. The fourth-order valence-corrected chi connectivity index (χ4v) is 1.39. The molecule has 0 spiro atoms. The van der Waals surface area contributed by atoms with Crippen LogP contribution in [0.25, 0.3) is 0 Å². The summed E-state index contributed by atoms with van der Waals surface area (Å²) in [6.07, 6.45) is 0. The van der Waals surface area contributed by atoms with Gasteiger partial charge in [-0.1, -0.05) is 19.1 Å². The lowest BCUT2D eigenvalue weighted by molar-refractivity contribution is 0.246. The summed E-state index contributed by atoms with van der Waals surface area (Å²) in [6, 6.07) is 7.73. The van der Waals surface area contributed by atoms with Crippen molar-refractivity contribution in [3.63, 3.8) is 0 Å². The maximum atomic E-state index is 9.17. The summed E-state index contributed by atoms with van der Waals surface area (Å²) in [6.45, 7) is 2.95. The highest BCUT2D eigenvalue weighted by molar-refractivity contribution is 5.30. The van der Waals surface area contributed by atoms with Gasteiger partial charge in [-0.05, 0) is 24.2 Å². The van der Waals surface area contributed by atoms with Crippen LogP contribution >= 0.6 is 0 Å². The van der Waals surface area contributed by atoms with Crippen LogP contribution in [0.4, 0.5) is 0 Å². The van der Waals surface area contributed by atoms with Crippen LogP contribution in [0.1, 0.15) is 18.5 Å². The lowest BCUT2D eigenvalue weighted by Crippen LogP contribution is -2.23. The van der Waals surface area contributed by atoms with Gasteiger partial charge in [0.1, 0.15) is 5.75 Å². The predicted molar refractivity (Wildman–Crippen MR) is 56.5 cm³/mol. The second-order valence-electron chi connectivity index (χ2n) is 3.07. The van der Waals surface area contributed by atoms with Gasteiger partial charge in [-0.25, -0.2) is 0 Å². The zero-order valence-corrected chi connectivity index (χ0v) is 8.66. The summed E-state index contributed by atoms with van der Waals surface area (Å²) >= 11 is 0. The standard InChI is InChI=1S/C11H17NO2/c1-3-12-11(8-13)9-5-4-6-10(7-9)14-2/h4-7,11-13H,3,8H2,1-2H3. The molecule has 0 bridgehead atoms. The summed E-state index contributed by atoms with van der Waals surface area (Å²) in [5.41, 5.74) is 1.05. The van der Waals surface area contributed by atoms with E-state index in [1.165, 1.54) is 0 Å². The Morgan fingerprint density at radius 3 is 2.86 bits per heavy atom. The first-order chi connectivity index (χ1) is 6.81. The molecule has 3 nitrogen and oxygen atoms in total. The maximum Gasteiger partial charge on any atom is 0.119 e. The number of methoxy groups -OCH3 is 1. The van der Waals surface area contributed by atoms with Crippen molar-refractivity contribution in [2.24, 2.45) is 0 Å². The summed E-state index contributed by atoms with van der Waals surface area (Å²) in [5, 5.41) is 12.4. The third kappa shape index (κ3) is 2.72. The van der Waals surface area contributed by atoms with Crippen LogP contribution < -0.4 is 10.1 Å². The van der Waals surface area contributed by atoms with Gasteiger partial charge in [-0.15, -0.1) is 0 Å². The SMILES string of the molecule is CCNC(CO)c1cccc(OC)c1. The first-order valence-electron chi connectivity index (χ1n) is 4.80. The van der Waals surface area contributed by atoms with Gasteiger partial charge in [0, 0.05) is 0 Å². The van der Waals surface area contributed by atoms with Crippen molar-refractivity contribution in [2.75, 3.05) is 20.3 Å². The van der Waals surface area contributed by atoms with Gasteiger partial charge in [0.25, 0.3) is 0 Å². The molecule has 1 aromatic carbocycles. The minimum absolute atomic E-state index is 0.00454. The van der Waals surface area contributed by atoms with Gasteiger partial charge in [0.2, 0.25) is 0 Å². The van der Waals surface area contributed by atoms with Gasteiger partial charge in [0.05, 0.1) is 19.8 Å². The number of nitrogens with one attached hydrogen (secondary N) is 1. The molecular weight excluding hydrogens is 178 g/mol. The Kier molecular flexibility index (Phi) is 4.43. The number of ether oxygens (including phenoxy) is 1. The zero-order chi connectivity index (χ0) is 10.4. The molecule has 0 heterocycles. The van der Waals surface area contributed by atoms with Crippen molar-refractivity contribution >= 4 is 0 Å². The fourth-order valence-electron chi connectivity index (χ4n) is 1.39. The highest BCUT2D eigenvalue weighted by atomic mass is 16.5. The molecule has 14 heavy (non-hydrogen) atoms. The normalized spacial score (nSPS) is 12.5. The molecule has 1 atom stereocenters. The van der Waals surface area contributed by atoms with E-state index in [2.05, 4.69) is 5.32 Å². The molecule has 1 unspecified atom stereocenters. The molecule has 0 saturated heterocycles. The Hall–Kier alpha value is -1.06. The molecule has 0 aliphatic rings. The Morgan fingerprint density at radius 2 is 2.29 bits per heavy atom. The summed E-state index contributed by atoms with van der Waals surface area (Å²) < 4.78 is 5.12. The Bertz CT molecular complexity index is 276. The van der Waals surface area contributed by atoms with Crippen molar-refractivity contribution in [2.45, 2.75) is 13.0 Å². The molecule has 2 N–H and O–H groups in total. The molecular formula is C11H17NO2. The zero-order valence-electron chi connectivity index (χ0n) is 8.66. The second kappa shape index (κ2) is 5.62. The Balaban J connectivity index is 2.80. The monoisotopic (exact) mass is 195 g/mol. The molecule has 78 valence electrons. The molecule has 0 aromatic heterocycles. The lowest BCUT2D eigenvalue weighted by atomic mass is 10.1. The molecule has 0 aliphatic carbocycles. The molecule has 0 aliphatic heterocycles. The van der Waals surface area contributed by atoms with E-state index in [9.17, 15) is 5.11 Å². The molecule has 0 fully saturated rings. The number of aliphatic hydroxyl groups excluding tert-OH is 1. The molecule has 0 amide bonds. The number of rotatable bonds is 5. The largest absolute Gasteiger partial charge is 0.497 e. The topological polar surface area (TPSA) is 41.5 Å². The van der Waals surface area contributed by atoms with Crippen LogP contribution in [0.15, 0.2) is 24.3 Å². The van der Waals surface area contributed by atoms with E-state index in [4.69, 9.17) is 4.74 Å². The predicted octanol–water partition coefficient (Wildman–Crippen LogP) is 1.34. The number of benzene rings is 1. The van der Waals surface area contributed by atoms with Crippen molar-refractivity contribution in [1.82, 2.24) is 5.32 Å². The van der Waals surface area contributed by atoms with E-state index in [0.717, 1.165) is 17.9 Å². The Morgan fingerprint density at radius 1 is 1.50 bits per heavy atom.